The summed E-state index contributed by atoms with van der Waals surface area (Å²) in [7, 11) is 1.66. The highest BCUT2D eigenvalue weighted by Crippen LogP contribution is 2.25. The Hall–Kier alpha value is -2.78. The van der Waals surface area contributed by atoms with Gasteiger partial charge in [0.2, 0.25) is 11.9 Å². The zero-order valence-electron chi connectivity index (χ0n) is 20.4. The Balaban J connectivity index is 1.13. The third-order valence-electron chi connectivity index (χ3n) is 6.86. The number of halogens is 1. The van der Waals surface area contributed by atoms with Gasteiger partial charge in [-0.05, 0) is 43.2 Å². The molecule has 2 saturated heterocycles. The first kappa shape index (κ1) is 25.3. The second-order valence-electron chi connectivity index (χ2n) is 9.52. The van der Waals surface area contributed by atoms with Gasteiger partial charge in [0.05, 0.1) is 19.6 Å². The van der Waals surface area contributed by atoms with Crippen LogP contribution in [0.25, 0.3) is 0 Å². The molecule has 190 valence electrons. The molecule has 2 fully saturated rings. The largest absolute Gasteiger partial charge is 0.493 e. The molecule has 1 N–H and O–H groups in total. The Morgan fingerprint density at radius 2 is 1.91 bits per heavy atom. The lowest BCUT2D eigenvalue weighted by Gasteiger charge is -2.38. The molecule has 2 aliphatic heterocycles. The topological polar surface area (TPSA) is 88.0 Å². The van der Waals surface area contributed by atoms with Crippen LogP contribution in [0.2, 0.25) is 0 Å². The summed E-state index contributed by atoms with van der Waals surface area (Å²) in [6, 6.07) is 4.73. The Labute approximate surface area is 206 Å². The van der Waals surface area contributed by atoms with Crippen molar-refractivity contribution >= 4 is 11.9 Å². The van der Waals surface area contributed by atoms with Crippen LogP contribution in [0.1, 0.15) is 36.8 Å². The van der Waals surface area contributed by atoms with Crippen molar-refractivity contribution < 1.29 is 23.8 Å². The number of anilines is 1. The highest BCUT2D eigenvalue weighted by atomic mass is 19.1. The number of hydrogen-bond donors (Lipinski definition) is 1. The maximum atomic E-state index is 14.5. The molecule has 0 saturated carbocycles. The van der Waals surface area contributed by atoms with Gasteiger partial charge in [-0.15, -0.1) is 0 Å². The molecule has 0 atom stereocenters. The lowest BCUT2D eigenvalue weighted by Crippen LogP contribution is -2.51. The van der Waals surface area contributed by atoms with Crippen molar-refractivity contribution in [1.82, 2.24) is 14.9 Å². The molecule has 1 aromatic carbocycles. The van der Waals surface area contributed by atoms with E-state index < -0.39 is 5.82 Å². The number of carbonyl (C=O) groups is 1. The van der Waals surface area contributed by atoms with E-state index in [9.17, 15) is 9.18 Å². The van der Waals surface area contributed by atoms with Crippen LogP contribution in [0, 0.1) is 17.7 Å². The standard InChI is InChI=1S/C26H35FN4O4/c1-34-18-20-13-28-26(29-14-20)30-8-6-19(7-9-30)3-2-10-35-23-5-4-22(24(27)12-23)11-25(33)31-15-21(16-31)17-32/h4-5,12-14,19,21,32H,2-3,6-11,15-18H2,1H3. The number of likely N-dealkylation sites (tertiary alicyclic amines) is 1. The van der Waals surface area contributed by atoms with Gasteiger partial charge in [0, 0.05) is 69.8 Å². The molecule has 0 bridgehead atoms. The van der Waals surface area contributed by atoms with Crippen molar-refractivity contribution in [3.8, 4) is 5.75 Å². The van der Waals surface area contributed by atoms with Crippen LogP contribution in [-0.4, -0.2) is 72.4 Å². The van der Waals surface area contributed by atoms with Crippen LogP contribution >= 0.6 is 0 Å². The number of ether oxygens (including phenoxy) is 2. The van der Waals surface area contributed by atoms with Crippen LogP contribution in [-0.2, 0) is 22.6 Å². The molecule has 8 nitrogen and oxygen atoms in total. The summed E-state index contributed by atoms with van der Waals surface area (Å²) in [5.74, 6) is 1.53. The van der Waals surface area contributed by atoms with Crippen molar-refractivity contribution in [2.24, 2.45) is 11.8 Å². The number of nitrogens with zero attached hydrogens (tertiary/aromatic N) is 4. The molecule has 1 aromatic heterocycles. The molecule has 4 rings (SSSR count). The van der Waals surface area contributed by atoms with Gasteiger partial charge >= 0.3 is 0 Å². The first-order valence-electron chi connectivity index (χ1n) is 12.4. The summed E-state index contributed by atoms with van der Waals surface area (Å²) in [6.45, 7) is 4.13. The summed E-state index contributed by atoms with van der Waals surface area (Å²) in [4.78, 5) is 25.0. The van der Waals surface area contributed by atoms with Crippen LogP contribution in [0.4, 0.5) is 10.3 Å². The Morgan fingerprint density at radius 1 is 1.17 bits per heavy atom. The minimum atomic E-state index is -0.417. The predicted molar refractivity (Wildman–Crippen MR) is 130 cm³/mol. The van der Waals surface area contributed by atoms with Crippen molar-refractivity contribution in [3.05, 3.63) is 47.5 Å². The fourth-order valence-corrected chi connectivity index (χ4v) is 4.66. The number of carbonyl (C=O) groups excluding carboxylic acids is 1. The van der Waals surface area contributed by atoms with Gasteiger partial charge in [-0.2, -0.15) is 0 Å². The number of amides is 1. The number of benzene rings is 1. The molecule has 9 heteroatoms. The fourth-order valence-electron chi connectivity index (χ4n) is 4.66. The van der Waals surface area contributed by atoms with Gasteiger partial charge < -0.3 is 24.4 Å². The zero-order valence-corrected chi connectivity index (χ0v) is 20.4. The average molecular weight is 487 g/mol. The summed E-state index contributed by atoms with van der Waals surface area (Å²) < 4.78 is 25.3. The van der Waals surface area contributed by atoms with E-state index in [2.05, 4.69) is 14.9 Å². The highest BCUT2D eigenvalue weighted by Gasteiger charge is 2.30. The minimum Gasteiger partial charge on any atom is -0.493 e. The molecule has 0 aliphatic carbocycles. The molecular formula is C26H35FN4O4. The van der Waals surface area contributed by atoms with E-state index in [0.717, 1.165) is 50.3 Å². The number of piperidine rings is 1. The molecule has 2 aliphatic rings. The Kier molecular flexibility index (Phi) is 8.87. The van der Waals surface area contributed by atoms with Crippen LogP contribution in [0.15, 0.2) is 30.6 Å². The molecule has 0 spiro atoms. The van der Waals surface area contributed by atoms with Gasteiger partial charge in [0.15, 0.2) is 0 Å². The minimum absolute atomic E-state index is 0.0330. The van der Waals surface area contributed by atoms with Crippen molar-refractivity contribution in [1.29, 1.82) is 0 Å². The van der Waals surface area contributed by atoms with E-state index in [1.807, 2.05) is 12.4 Å². The first-order chi connectivity index (χ1) is 17.1. The SMILES string of the molecule is COCc1cnc(N2CCC(CCCOc3ccc(CC(=O)N4CC(CO)C4)c(F)c3)CC2)nc1. The predicted octanol–water partition coefficient (Wildman–Crippen LogP) is 2.83. The smallest absolute Gasteiger partial charge is 0.227 e. The second kappa shape index (κ2) is 12.3. The van der Waals surface area contributed by atoms with Crippen molar-refractivity contribution in [2.75, 3.05) is 51.4 Å². The molecule has 2 aromatic rings. The second-order valence-corrected chi connectivity index (χ2v) is 9.52. The maximum absolute atomic E-state index is 14.5. The zero-order chi connectivity index (χ0) is 24.6. The fraction of sp³-hybridized carbons (Fsp3) is 0.577. The molecular weight excluding hydrogens is 451 g/mol. The summed E-state index contributed by atoms with van der Waals surface area (Å²) in [6.07, 6.45) is 7.85. The summed E-state index contributed by atoms with van der Waals surface area (Å²) in [5, 5.41) is 9.07. The maximum Gasteiger partial charge on any atom is 0.227 e. The van der Waals surface area contributed by atoms with Gasteiger partial charge in [-0.1, -0.05) is 6.07 Å². The number of aliphatic hydroxyl groups is 1. The quantitative estimate of drug-likeness (QED) is 0.489. The molecule has 3 heterocycles. The molecule has 0 radical (unpaired) electrons. The Bertz CT molecular complexity index is 960. The van der Waals surface area contributed by atoms with Crippen LogP contribution < -0.4 is 9.64 Å². The van der Waals surface area contributed by atoms with E-state index in [1.54, 1.807) is 24.1 Å². The number of aliphatic hydroxyl groups excluding tert-OH is 1. The van der Waals surface area contributed by atoms with Crippen LogP contribution in [0.3, 0.4) is 0 Å². The Morgan fingerprint density at radius 3 is 2.57 bits per heavy atom. The van der Waals surface area contributed by atoms with Crippen molar-refractivity contribution in [3.63, 3.8) is 0 Å². The van der Waals surface area contributed by atoms with E-state index in [4.69, 9.17) is 14.6 Å². The normalized spacial score (nSPS) is 16.9. The lowest BCUT2D eigenvalue weighted by molar-refractivity contribution is -0.137. The third-order valence-corrected chi connectivity index (χ3v) is 6.86. The summed E-state index contributed by atoms with van der Waals surface area (Å²) in [5.41, 5.74) is 1.34. The van der Waals surface area contributed by atoms with E-state index >= 15 is 0 Å². The number of hydrogen-bond acceptors (Lipinski definition) is 7. The first-order valence-corrected chi connectivity index (χ1v) is 12.4. The van der Waals surface area contributed by atoms with E-state index in [-0.39, 0.29) is 24.9 Å². The molecule has 35 heavy (non-hydrogen) atoms. The van der Waals surface area contributed by atoms with E-state index in [1.165, 1.54) is 6.07 Å². The van der Waals surface area contributed by atoms with E-state index in [0.29, 0.717) is 43.5 Å². The third kappa shape index (κ3) is 6.89. The van der Waals surface area contributed by atoms with Crippen LogP contribution in [0.5, 0.6) is 5.75 Å². The monoisotopic (exact) mass is 486 g/mol. The molecule has 1 amide bonds. The lowest BCUT2D eigenvalue weighted by atomic mass is 9.92. The number of rotatable bonds is 11. The summed E-state index contributed by atoms with van der Waals surface area (Å²) >= 11 is 0. The number of methoxy groups -OCH3 is 1. The average Bonchev–Trinajstić information content (AvgIpc) is 2.84. The highest BCUT2D eigenvalue weighted by molar-refractivity contribution is 5.79. The molecule has 0 unspecified atom stereocenters. The van der Waals surface area contributed by atoms with Gasteiger partial charge in [-0.25, -0.2) is 14.4 Å². The van der Waals surface area contributed by atoms with Crippen molar-refractivity contribution in [2.45, 2.75) is 38.7 Å². The van der Waals surface area contributed by atoms with Gasteiger partial charge in [-0.3, -0.25) is 4.79 Å². The van der Waals surface area contributed by atoms with Gasteiger partial charge in [0.25, 0.3) is 0 Å². The number of aromatic nitrogens is 2. The van der Waals surface area contributed by atoms with Gasteiger partial charge in [0.1, 0.15) is 11.6 Å².